The van der Waals surface area contributed by atoms with Crippen LogP contribution < -0.4 is 9.47 Å². The molecule has 1 aliphatic heterocycles. The summed E-state index contributed by atoms with van der Waals surface area (Å²) in [5.74, 6) is 1.15. The van der Waals surface area contributed by atoms with E-state index in [2.05, 4.69) is 103 Å². The van der Waals surface area contributed by atoms with Crippen LogP contribution >= 0.6 is 0 Å². The fraction of sp³-hybridized carbons (Fsp3) is 0.0952. The smallest absolute Gasteiger partial charge is 0.237 e. The first-order valence-electron chi connectivity index (χ1n) is 7.87. The predicted octanol–water partition coefficient (Wildman–Crippen LogP) is 4.61. The Bertz CT molecular complexity index is 909. The van der Waals surface area contributed by atoms with Crippen LogP contribution in [0.2, 0.25) is 0 Å². The second-order valence-corrected chi connectivity index (χ2v) is 5.91. The van der Waals surface area contributed by atoms with E-state index in [1.165, 1.54) is 27.9 Å². The van der Waals surface area contributed by atoms with Gasteiger partial charge in [-0.25, -0.2) is 4.57 Å². The third-order valence-electron chi connectivity index (χ3n) is 4.41. The summed E-state index contributed by atoms with van der Waals surface area (Å²) in [7, 11) is 2.08. The molecule has 2 heteroatoms. The van der Waals surface area contributed by atoms with E-state index in [9.17, 15) is 0 Å². The number of benzene rings is 2. The van der Waals surface area contributed by atoms with Crippen molar-refractivity contribution >= 4 is 17.6 Å². The van der Waals surface area contributed by atoms with Crippen molar-refractivity contribution in [2.45, 2.75) is 6.92 Å². The Morgan fingerprint density at radius 1 is 0.826 bits per heavy atom. The fourth-order valence-electron chi connectivity index (χ4n) is 3.27. The van der Waals surface area contributed by atoms with E-state index in [-0.39, 0.29) is 0 Å². The van der Waals surface area contributed by atoms with E-state index in [0.29, 0.717) is 0 Å². The highest BCUT2D eigenvalue weighted by Gasteiger charge is 2.26. The zero-order valence-electron chi connectivity index (χ0n) is 13.4. The van der Waals surface area contributed by atoms with Gasteiger partial charge in [0.1, 0.15) is 5.69 Å². The van der Waals surface area contributed by atoms with Gasteiger partial charge in [0.15, 0.2) is 0 Å². The molecule has 0 saturated heterocycles. The number of rotatable bonds is 1. The zero-order chi connectivity index (χ0) is 15.8. The summed E-state index contributed by atoms with van der Waals surface area (Å²) < 4.78 is 2.15. The van der Waals surface area contributed by atoms with E-state index in [4.69, 9.17) is 0 Å². The quantitative estimate of drug-likeness (QED) is 0.595. The van der Waals surface area contributed by atoms with Gasteiger partial charge in [-0.3, -0.25) is 0 Å². The summed E-state index contributed by atoms with van der Waals surface area (Å²) in [6, 6.07) is 21.4. The summed E-state index contributed by atoms with van der Waals surface area (Å²) in [6.45, 7) is 2.18. The third-order valence-corrected chi connectivity index (χ3v) is 4.41. The molecule has 2 nitrogen and oxygen atoms in total. The van der Waals surface area contributed by atoms with E-state index in [1.807, 2.05) is 0 Å². The molecule has 0 radical (unpaired) electrons. The number of fused-ring (bicyclic) bond motifs is 3. The van der Waals surface area contributed by atoms with Crippen molar-refractivity contribution in [3.8, 4) is 11.1 Å². The van der Waals surface area contributed by atoms with Crippen LogP contribution in [0.25, 0.3) is 17.2 Å². The van der Waals surface area contributed by atoms with Crippen LogP contribution in [0.1, 0.15) is 11.1 Å². The van der Waals surface area contributed by atoms with Crippen molar-refractivity contribution in [1.29, 1.82) is 0 Å². The van der Waals surface area contributed by atoms with Crippen LogP contribution in [0.15, 0.2) is 73.1 Å². The summed E-state index contributed by atoms with van der Waals surface area (Å²) in [5, 5.41) is 0. The van der Waals surface area contributed by atoms with Gasteiger partial charge < -0.3 is 0 Å². The summed E-state index contributed by atoms with van der Waals surface area (Å²) >= 11 is 0. The molecular formula is C21H19N2+. The minimum absolute atomic E-state index is 1.15. The van der Waals surface area contributed by atoms with Gasteiger partial charge in [0, 0.05) is 11.6 Å². The molecule has 0 fully saturated rings. The average Bonchev–Trinajstić information content (AvgIpc) is 2.74. The molecule has 0 N–H and O–H groups in total. The van der Waals surface area contributed by atoms with Crippen LogP contribution in [0.3, 0.4) is 0 Å². The van der Waals surface area contributed by atoms with E-state index >= 15 is 0 Å². The number of pyridine rings is 1. The summed E-state index contributed by atoms with van der Waals surface area (Å²) in [4.78, 5) is 2.28. The van der Waals surface area contributed by atoms with Crippen molar-refractivity contribution < 1.29 is 4.57 Å². The molecule has 1 aromatic heterocycles. The molecule has 0 unspecified atom stereocenters. The largest absolute Gasteiger partial charge is 0.286 e. The first kappa shape index (κ1) is 13.8. The SMILES string of the molecule is Cc1cccc2c1N(c1cccc[n+]1C)C=Cc1ccccc1-2. The molecule has 0 amide bonds. The van der Waals surface area contributed by atoms with Crippen LogP contribution in [0.4, 0.5) is 11.5 Å². The van der Waals surface area contributed by atoms with Gasteiger partial charge >= 0.3 is 0 Å². The first-order chi connectivity index (χ1) is 11.3. The van der Waals surface area contributed by atoms with Gasteiger partial charge in [0.2, 0.25) is 0 Å². The highest BCUT2D eigenvalue weighted by atomic mass is 15.2. The topological polar surface area (TPSA) is 7.12 Å². The molecule has 1 aliphatic rings. The molecule has 0 atom stereocenters. The number of aromatic nitrogens is 1. The van der Waals surface area contributed by atoms with E-state index < -0.39 is 0 Å². The zero-order valence-corrected chi connectivity index (χ0v) is 13.4. The number of nitrogens with zero attached hydrogens (tertiary/aromatic N) is 2. The van der Waals surface area contributed by atoms with E-state index in [0.717, 1.165) is 5.82 Å². The Labute approximate surface area is 136 Å². The number of hydrogen-bond donors (Lipinski definition) is 0. The maximum atomic E-state index is 2.28. The second-order valence-electron chi connectivity index (χ2n) is 5.91. The minimum atomic E-state index is 1.15. The summed E-state index contributed by atoms with van der Waals surface area (Å²) in [5.41, 5.74) is 6.32. The molecule has 2 heterocycles. The van der Waals surface area contributed by atoms with E-state index in [1.54, 1.807) is 0 Å². The molecule has 0 aliphatic carbocycles. The minimum Gasteiger partial charge on any atom is -0.237 e. The first-order valence-corrected chi connectivity index (χ1v) is 7.87. The van der Waals surface area contributed by atoms with Crippen molar-refractivity contribution in [3.05, 3.63) is 84.2 Å². The average molecular weight is 299 g/mol. The van der Waals surface area contributed by atoms with Crippen LogP contribution in [-0.2, 0) is 7.05 Å². The highest BCUT2D eigenvalue weighted by molar-refractivity contribution is 5.91. The van der Waals surface area contributed by atoms with Crippen LogP contribution in [-0.4, -0.2) is 0 Å². The monoisotopic (exact) mass is 299 g/mol. The standard InChI is InChI=1S/C21H19N2/c1-16-8-7-11-19-18-10-4-3-9-17(18)13-15-23(21(16)19)20-12-5-6-14-22(20)2/h3-15H,1-2H3/q+1. The number of anilines is 2. The molecular weight excluding hydrogens is 280 g/mol. The third kappa shape index (κ3) is 2.23. The van der Waals surface area contributed by atoms with Crippen LogP contribution in [0.5, 0.6) is 0 Å². The van der Waals surface area contributed by atoms with Gasteiger partial charge in [-0.1, -0.05) is 48.5 Å². The van der Waals surface area contributed by atoms with Crippen LogP contribution in [0, 0.1) is 6.92 Å². The fourth-order valence-corrected chi connectivity index (χ4v) is 3.27. The predicted molar refractivity (Wildman–Crippen MR) is 95.4 cm³/mol. The molecule has 0 spiro atoms. The Morgan fingerprint density at radius 2 is 1.61 bits per heavy atom. The number of para-hydroxylation sites is 1. The molecule has 4 rings (SSSR count). The van der Waals surface area contributed by atoms with Gasteiger partial charge in [0.25, 0.3) is 5.82 Å². The second kappa shape index (κ2) is 5.40. The maximum absolute atomic E-state index is 2.28. The van der Waals surface area contributed by atoms with Crippen molar-refractivity contribution in [3.63, 3.8) is 0 Å². The Balaban J connectivity index is 2.03. The molecule has 2 aromatic carbocycles. The Morgan fingerprint density at radius 3 is 2.48 bits per heavy atom. The van der Waals surface area contributed by atoms with Gasteiger partial charge in [0.05, 0.1) is 19.4 Å². The van der Waals surface area contributed by atoms with Crippen molar-refractivity contribution in [2.75, 3.05) is 4.90 Å². The van der Waals surface area contributed by atoms with Gasteiger partial charge in [-0.2, -0.15) is 4.90 Å². The lowest BCUT2D eigenvalue weighted by atomic mass is 9.97. The highest BCUT2D eigenvalue weighted by Crippen LogP contribution is 2.41. The molecule has 112 valence electrons. The van der Waals surface area contributed by atoms with Crippen molar-refractivity contribution in [2.24, 2.45) is 7.05 Å². The number of aryl methyl sites for hydroxylation is 2. The lowest BCUT2D eigenvalue weighted by Gasteiger charge is -2.18. The lowest BCUT2D eigenvalue weighted by molar-refractivity contribution is -0.658. The Kier molecular flexibility index (Phi) is 3.23. The molecule has 3 aromatic rings. The molecule has 0 saturated carbocycles. The van der Waals surface area contributed by atoms with Gasteiger partial charge in [-0.05, 0) is 35.8 Å². The maximum Gasteiger partial charge on any atom is 0.286 e. The lowest BCUT2D eigenvalue weighted by Crippen LogP contribution is -2.34. The number of hydrogen-bond acceptors (Lipinski definition) is 1. The molecule has 0 bridgehead atoms. The summed E-state index contributed by atoms with van der Waals surface area (Å²) in [6.07, 6.45) is 6.45. The van der Waals surface area contributed by atoms with Crippen molar-refractivity contribution in [1.82, 2.24) is 0 Å². The molecule has 23 heavy (non-hydrogen) atoms. The Hall–Kier alpha value is -2.87. The normalized spacial score (nSPS) is 12.5. The van der Waals surface area contributed by atoms with Gasteiger partial charge in [-0.15, -0.1) is 0 Å².